The van der Waals surface area contributed by atoms with Crippen LogP contribution in [-0.2, 0) is 9.53 Å². The number of methoxy groups -OCH3 is 1. The first-order valence-corrected chi connectivity index (χ1v) is 8.00. The zero-order chi connectivity index (χ0) is 16.7. The second-order valence-corrected chi connectivity index (χ2v) is 5.81. The third-order valence-corrected chi connectivity index (χ3v) is 4.23. The van der Waals surface area contributed by atoms with Crippen LogP contribution in [0.5, 0.6) is 0 Å². The van der Waals surface area contributed by atoms with Gasteiger partial charge in [-0.05, 0) is 30.3 Å². The number of ketones is 1. The van der Waals surface area contributed by atoms with Gasteiger partial charge in [0.05, 0.1) is 25.0 Å². The smallest absolute Gasteiger partial charge is 0.337 e. The van der Waals surface area contributed by atoms with Crippen LogP contribution in [0.25, 0.3) is 0 Å². The molecule has 0 saturated heterocycles. The highest BCUT2D eigenvalue weighted by atomic mass is 32.2. The van der Waals surface area contributed by atoms with Gasteiger partial charge >= 0.3 is 5.97 Å². The number of nitrogen functional groups attached to an aromatic ring is 1. The number of ether oxygens (including phenoxy) is 1. The Bertz CT molecular complexity index is 704. The molecule has 0 fully saturated rings. The zero-order valence-electron chi connectivity index (χ0n) is 12.7. The molecule has 0 aromatic heterocycles. The van der Waals surface area contributed by atoms with E-state index in [2.05, 4.69) is 10.1 Å². The van der Waals surface area contributed by atoms with E-state index in [0.29, 0.717) is 22.7 Å². The Balaban J connectivity index is 1.85. The van der Waals surface area contributed by atoms with E-state index in [-0.39, 0.29) is 12.3 Å². The Labute approximate surface area is 139 Å². The molecule has 2 aromatic rings. The highest BCUT2D eigenvalue weighted by Crippen LogP contribution is 2.24. The van der Waals surface area contributed by atoms with Gasteiger partial charge in [-0.15, -0.1) is 11.8 Å². The highest BCUT2D eigenvalue weighted by Gasteiger charge is 2.08. The molecule has 0 aliphatic carbocycles. The molecule has 0 spiro atoms. The second-order valence-electron chi connectivity index (χ2n) is 4.79. The fourth-order valence-corrected chi connectivity index (χ4v) is 2.72. The number of benzene rings is 2. The number of hydrogen-bond acceptors (Lipinski definition) is 6. The molecule has 23 heavy (non-hydrogen) atoms. The van der Waals surface area contributed by atoms with E-state index in [0.717, 1.165) is 4.90 Å². The highest BCUT2D eigenvalue weighted by molar-refractivity contribution is 8.00. The van der Waals surface area contributed by atoms with E-state index >= 15 is 0 Å². The molecule has 0 radical (unpaired) electrons. The summed E-state index contributed by atoms with van der Waals surface area (Å²) < 4.78 is 4.67. The minimum Gasteiger partial charge on any atom is -0.465 e. The number of nitrogens with one attached hydrogen (secondary N) is 1. The van der Waals surface area contributed by atoms with Crippen LogP contribution in [-0.4, -0.2) is 31.2 Å². The van der Waals surface area contributed by atoms with Crippen molar-refractivity contribution in [2.45, 2.75) is 4.90 Å². The van der Waals surface area contributed by atoms with Gasteiger partial charge in [0, 0.05) is 16.3 Å². The first-order valence-electron chi connectivity index (χ1n) is 7.01. The van der Waals surface area contributed by atoms with E-state index in [1.807, 2.05) is 24.3 Å². The van der Waals surface area contributed by atoms with Crippen molar-refractivity contribution in [1.29, 1.82) is 0 Å². The molecule has 0 heterocycles. The third kappa shape index (κ3) is 5.03. The predicted octanol–water partition coefficient (Wildman–Crippen LogP) is 2.83. The number of Topliss-reactive ketones (excluding diaryl/α,β-unsaturated/α-hetero) is 1. The van der Waals surface area contributed by atoms with Gasteiger partial charge in [-0.1, -0.05) is 18.2 Å². The van der Waals surface area contributed by atoms with Crippen LogP contribution >= 0.6 is 11.8 Å². The van der Waals surface area contributed by atoms with Crippen molar-refractivity contribution in [3.63, 3.8) is 0 Å². The monoisotopic (exact) mass is 330 g/mol. The SMILES string of the molecule is COC(=O)c1cccc(NCC(=O)CSc2ccccc2N)c1. The van der Waals surface area contributed by atoms with E-state index in [1.165, 1.54) is 18.9 Å². The molecule has 0 amide bonds. The first kappa shape index (κ1) is 16.9. The Morgan fingerprint density at radius 3 is 2.70 bits per heavy atom. The molecule has 120 valence electrons. The Kier molecular flexibility index (Phi) is 6.05. The van der Waals surface area contributed by atoms with E-state index in [4.69, 9.17) is 5.73 Å². The number of anilines is 2. The predicted molar refractivity (Wildman–Crippen MR) is 92.9 cm³/mol. The molecule has 0 saturated carbocycles. The summed E-state index contributed by atoms with van der Waals surface area (Å²) in [4.78, 5) is 24.3. The summed E-state index contributed by atoms with van der Waals surface area (Å²) in [6, 6.07) is 14.3. The maximum Gasteiger partial charge on any atom is 0.337 e. The van der Waals surface area contributed by atoms with Crippen molar-refractivity contribution in [3.8, 4) is 0 Å². The van der Waals surface area contributed by atoms with Crippen LogP contribution in [0.2, 0.25) is 0 Å². The summed E-state index contributed by atoms with van der Waals surface area (Å²) in [5.41, 5.74) is 7.65. The zero-order valence-corrected chi connectivity index (χ0v) is 13.6. The first-order chi connectivity index (χ1) is 11.1. The van der Waals surface area contributed by atoms with Crippen LogP contribution in [0.3, 0.4) is 0 Å². The number of thioether (sulfide) groups is 1. The van der Waals surface area contributed by atoms with Gasteiger partial charge in [-0.25, -0.2) is 4.79 Å². The fourth-order valence-electron chi connectivity index (χ4n) is 1.90. The molecule has 0 atom stereocenters. The summed E-state index contributed by atoms with van der Waals surface area (Å²) in [7, 11) is 1.33. The van der Waals surface area contributed by atoms with Gasteiger partial charge in [-0.3, -0.25) is 4.79 Å². The Morgan fingerprint density at radius 2 is 1.96 bits per heavy atom. The van der Waals surface area contributed by atoms with Crippen molar-refractivity contribution in [1.82, 2.24) is 0 Å². The fraction of sp³-hybridized carbons (Fsp3) is 0.176. The molecule has 0 aliphatic heterocycles. The van der Waals surface area contributed by atoms with Crippen molar-refractivity contribution in [2.24, 2.45) is 0 Å². The number of para-hydroxylation sites is 1. The minimum absolute atomic E-state index is 0.0433. The molecule has 3 N–H and O–H groups in total. The summed E-state index contributed by atoms with van der Waals surface area (Å²) in [6.07, 6.45) is 0. The van der Waals surface area contributed by atoms with Gasteiger partial charge in [-0.2, -0.15) is 0 Å². The van der Waals surface area contributed by atoms with E-state index < -0.39 is 5.97 Å². The normalized spacial score (nSPS) is 10.1. The Hall–Kier alpha value is -2.47. The molecule has 0 unspecified atom stereocenters. The average Bonchev–Trinajstić information content (AvgIpc) is 2.58. The van der Waals surface area contributed by atoms with Gasteiger partial charge in [0.1, 0.15) is 0 Å². The largest absolute Gasteiger partial charge is 0.465 e. The molecular formula is C17H18N2O3S. The van der Waals surface area contributed by atoms with Crippen LogP contribution < -0.4 is 11.1 Å². The van der Waals surface area contributed by atoms with Gasteiger partial charge in [0.2, 0.25) is 0 Å². The lowest BCUT2D eigenvalue weighted by molar-refractivity contribution is -0.115. The Morgan fingerprint density at radius 1 is 1.17 bits per heavy atom. The molecule has 0 aliphatic rings. The maximum atomic E-state index is 12.0. The van der Waals surface area contributed by atoms with Crippen molar-refractivity contribution < 1.29 is 14.3 Å². The van der Waals surface area contributed by atoms with E-state index in [9.17, 15) is 9.59 Å². The second kappa shape index (κ2) is 8.24. The summed E-state index contributed by atoms with van der Waals surface area (Å²) >= 11 is 1.41. The average molecular weight is 330 g/mol. The number of nitrogens with two attached hydrogens (primary N) is 1. The lowest BCUT2D eigenvalue weighted by Crippen LogP contribution is -2.16. The van der Waals surface area contributed by atoms with Crippen LogP contribution in [0.15, 0.2) is 53.4 Å². The molecule has 5 nitrogen and oxygen atoms in total. The topological polar surface area (TPSA) is 81.4 Å². The van der Waals surface area contributed by atoms with Crippen LogP contribution in [0.4, 0.5) is 11.4 Å². The number of hydrogen-bond donors (Lipinski definition) is 2. The standard InChI is InChI=1S/C17H18N2O3S/c1-22-17(21)12-5-4-6-13(9-12)19-10-14(20)11-23-16-8-3-2-7-15(16)18/h2-9,19H,10-11,18H2,1H3. The van der Waals surface area contributed by atoms with Gasteiger partial charge < -0.3 is 15.8 Å². The van der Waals surface area contributed by atoms with Crippen LogP contribution in [0.1, 0.15) is 10.4 Å². The van der Waals surface area contributed by atoms with Crippen molar-refractivity contribution >= 4 is 34.9 Å². The van der Waals surface area contributed by atoms with Crippen LogP contribution in [0, 0.1) is 0 Å². The quantitative estimate of drug-likeness (QED) is 0.461. The van der Waals surface area contributed by atoms with Crippen molar-refractivity contribution in [2.75, 3.05) is 30.5 Å². The summed E-state index contributed by atoms with van der Waals surface area (Å²) in [6.45, 7) is 0.185. The molecule has 2 rings (SSSR count). The molecular weight excluding hydrogens is 312 g/mol. The lowest BCUT2D eigenvalue weighted by atomic mass is 10.2. The van der Waals surface area contributed by atoms with E-state index in [1.54, 1.807) is 24.3 Å². The number of carbonyl (C=O) groups excluding carboxylic acids is 2. The summed E-state index contributed by atoms with van der Waals surface area (Å²) in [5, 5.41) is 3.01. The summed E-state index contributed by atoms with van der Waals surface area (Å²) in [5.74, 6) is -0.0328. The molecule has 6 heteroatoms. The lowest BCUT2D eigenvalue weighted by Gasteiger charge is -2.08. The van der Waals surface area contributed by atoms with Gasteiger partial charge in [0.25, 0.3) is 0 Å². The number of rotatable bonds is 7. The number of esters is 1. The van der Waals surface area contributed by atoms with Gasteiger partial charge in [0.15, 0.2) is 5.78 Å². The molecule has 2 aromatic carbocycles. The maximum absolute atomic E-state index is 12.0. The van der Waals surface area contributed by atoms with Crippen molar-refractivity contribution in [3.05, 3.63) is 54.1 Å². The number of carbonyl (C=O) groups is 2. The minimum atomic E-state index is -0.407. The molecule has 0 bridgehead atoms. The third-order valence-electron chi connectivity index (χ3n) is 3.08.